The predicted molar refractivity (Wildman–Crippen MR) is 80.1 cm³/mol. The van der Waals surface area contributed by atoms with E-state index in [2.05, 4.69) is 17.9 Å². The van der Waals surface area contributed by atoms with E-state index in [0.29, 0.717) is 12.1 Å². The lowest BCUT2D eigenvalue weighted by molar-refractivity contribution is 0.0281. The fraction of sp³-hybridized carbons (Fsp3) is 0.647. The number of benzene rings is 1. The number of nitrogens with zero attached hydrogens (tertiary/aromatic N) is 1. The van der Waals surface area contributed by atoms with Gasteiger partial charge in [-0.3, -0.25) is 4.90 Å². The third kappa shape index (κ3) is 2.33. The lowest BCUT2D eigenvalue weighted by Gasteiger charge is -2.39. The van der Waals surface area contributed by atoms with Crippen molar-refractivity contribution in [3.05, 3.63) is 29.3 Å². The van der Waals surface area contributed by atoms with Crippen molar-refractivity contribution in [2.75, 3.05) is 13.7 Å². The molecule has 1 fully saturated rings. The Morgan fingerprint density at radius 1 is 1.35 bits per heavy atom. The molecule has 1 heterocycles. The molecule has 0 radical (unpaired) electrons. The third-order valence-corrected chi connectivity index (χ3v) is 5.06. The molecule has 0 saturated carbocycles. The predicted octanol–water partition coefficient (Wildman–Crippen LogP) is 2.92. The van der Waals surface area contributed by atoms with Crippen molar-refractivity contribution in [3.8, 4) is 5.75 Å². The van der Waals surface area contributed by atoms with Crippen LogP contribution in [0.15, 0.2) is 18.2 Å². The number of aliphatic hydroxyl groups excluding tert-OH is 1. The standard InChI is InChI=1S/C17H25NO2/c1-3-13-5-4-10-18(13)16-9-6-12-11-14(20-2)7-8-15(12)17(16)19/h7-8,11,13,16-17,19H,3-6,9-10H2,1-2H3. The second kappa shape index (κ2) is 5.74. The first-order chi connectivity index (χ1) is 9.74. The highest BCUT2D eigenvalue weighted by Crippen LogP contribution is 2.37. The van der Waals surface area contributed by atoms with E-state index >= 15 is 0 Å². The number of methoxy groups -OCH3 is 1. The fourth-order valence-electron chi connectivity index (χ4n) is 3.96. The van der Waals surface area contributed by atoms with Crippen LogP contribution in [-0.2, 0) is 6.42 Å². The second-order valence-electron chi connectivity index (χ2n) is 6.06. The number of hydrogen-bond acceptors (Lipinski definition) is 3. The molecule has 3 unspecified atom stereocenters. The number of fused-ring (bicyclic) bond motifs is 1. The van der Waals surface area contributed by atoms with Gasteiger partial charge in [0.25, 0.3) is 0 Å². The summed E-state index contributed by atoms with van der Waals surface area (Å²) in [5.74, 6) is 0.891. The summed E-state index contributed by atoms with van der Waals surface area (Å²) in [5.41, 5.74) is 2.35. The summed E-state index contributed by atoms with van der Waals surface area (Å²) in [6, 6.07) is 7.04. The van der Waals surface area contributed by atoms with Crippen LogP contribution in [0.1, 0.15) is 49.8 Å². The monoisotopic (exact) mass is 275 g/mol. The van der Waals surface area contributed by atoms with Crippen molar-refractivity contribution in [2.45, 2.75) is 57.2 Å². The molecule has 20 heavy (non-hydrogen) atoms. The Balaban J connectivity index is 1.83. The van der Waals surface area contributed by atoms with Crippen LogP contribution in [0, 0.1) is 0 Å². The maximum atomic E-state index is 10.8. The van der Waals surface area contributed by atoms with Crippen LogP contribution >= 0.6 is 0 Å². The Labute approximate surface area is 121 Å². The Hall–Kier alpha value is -1.06. The van der Waals surface area contributed by atoms with E-state index in [1.807, 2.05) is 12.1 Å². The van der Waals surface area contributed by atoms with Gasteiger partial charge in [-0.2, -0.15) is 0 Å². The topological polar surface area (TPSA) is 32.7 Å². The SMILES string of the molecule is CCC1CCCN1C1CCc2cc(OC)ccc2C1O. The molecule has 110 valence electrons. The molecule has 1 N–H and O–H groups in total. The van der Waals surface area contributed by atoms with E-state index in [0.717, 1.165) is 30.7 Å². The van der Waals surface area contributed by atoms with Crippen LogP contribution < -0.4 is 4.74 Å². The minimum absolute atomic E-state index is 0.295. The molecule has 2 aliphatic rings. The van der Waals surface area contributed by atoms with Gasteiger partial charge in [0, 0.05) is 12.1 Å². The molecule has 1 aliphatic heterocycles. The highest BCUT2D eigenvalue weighted by Gasteiger charge is 2.37. The van der Waals surface area contributed by atoms with Crippen LogP contribution in [0.2, 0.25) is 0 Å². The zero-order valence-electron chi connectivity index (χ0n) is 12.5. The molecule has 0 amide bonds. The molecule has 3 rings (SSSR count). The van der Waals surface area contributed by atoms with Crippen molar-refractivity contribution in [1.82, 2.24) is 4.90 Å². The molecule has 3 nitrogen and oxygen atoms in total. The van der Waals surface area contributed by atoms with E-state index in [1.54, 1.807) is 7.11 Å². The van der Waals surface area contributed by atoms with Crippen LogP contribution in [-0.4, -0.2) is 35.7 Å². The van der Waals surface area contributed by atoms with Crippen LogP contribution in [0.4, 0.5) is 0 Å². The van der Waals surface area contributed by atoms with Gasteiger partial charge in [0.15, 0.2) is 0 Å². The number of aryl methyl sites for hydroxylation is 1. The van der Waals surface area contributed by atoms with Crippen molar-refractivity contribution < 1.29 is 9.84 Å². The van der Waals surface area contributed by atoms with Gasteiger partial charge in [0.1, 0.15) is 5.75 Å². The molecule has 0 spiro atoms. The van der Waals surface area contributed by atoms with Gasteiger partial charge < -0.3 is 9.84 Å². The van der Waals surface area contributed by atoms with Gasteiger partial charge in [0.2, 0.25) is 0 Å². The summed E-state index contributed by atoms with van der Waals surface area (Å²) in [7, 11) is 1.69. The summed E-state index contributed by atoms with van der Waals surface area (Å²) < 4.78 is 5.28. The highest BCUT2D eigenvalue weighted by molar-refractivity contribution is 5.39. The second-order valence-corrected chi connectivity index (χ2v) is 6.06. The molecular formula is C17H25NO2. The highest BCUT2D eigenvalue weighted by atomic mass is 16.5. The molecule has 3 atom stereocenters. The largest absolute Gasteiger partial charge is 0.497 e. The van der Waals surface area contributed by atoms with Gasteiger partial charge in [-0.15, -0.1) is 0 Å². The van der Waals surface area contributed by atoms with Crippen LogP contribution in [0.25, 0.3) is 0 Å². The number of ether oxygens (including phenoxy) is 1. The summed E-state index contributed by atoms with van der Waals surface area (Å²) in [4.78, 5) is 2.55. The normalized spacial score (nSPS) is 30.2. The van der Waals surface area contributed by atoms with Crippen LogP contribution in [0.5, 0.6) is 5.75 Å². The van der Waals surface area contributed by atoms with Gasteiger partial charge in [-0.1, -0.05) is 13.0 Å². The minimum Gasteiger partial charge on any atom is -0.497 e. The van der Waals surface area contributed by atoms with Gasteiger partial charge in [-0.05, 0) is 61.9 Å². The van der Waals surface area contributed by atoms with E-state index < -0.39 is 0 Å². The molecule has 1 aromatic carbocycles. The molecule has 0 bridgehead atoms. The summed E-state index contributed by atoms with van der Waals surface area (Å²) in [6.07, 6.45) is 5.50. The van der Waals surface area contributed by atoms with Gasteiger partial charge >= 0.3 is 0 Å². The Morgan fingerprint density at radius 3 is 2.95 bits per heavy atom. The summed E-state index contributed by atoms with van der Waals surface area (Å²) in [5, 5.41) is 10.8. The summed E-state index contributed by atoms with van der Waals surface area (Å²) >= 11 is 0. The van der Waals surface area contributed by atoms with E-state index in [1.165, 1.54) is 24.8 Å². The molecule has 1 aliphatic carbocycles. The van der Waals surface area contributed by atoms with Crippen molar-refractivity contribution in [1.29, 1.82) is 0 Å². The van der Waals surface area contributed by atoms with Crippen LogP contribution in [0.3, 0.4) is 0 Å². The molecular weight excluding hydrogens is 250 g/mol. The number of rotatable bonds is 3. The lowest BCUT2D eigenvalue weighted by Crippen LogP contribution is -2.44. The Bertz CT molecular complexity index is 474. The fourth-order valence-corrected chi connectivity index (χ4v) is 3.96. The van der Waals surface area contributed by atoms with Gasteiger partial charge in [0.05, 0.1) is 13.2 Å². The average molecular weight is 275 g/mol. The maximum absolute atomic E-state index is 10.8. The Morgan fingerprint density at radius 2 is 2.20 bits per heavy atom. The first kappa shape index (κ1) is 13.9. The van der Waals surface area contributed by atoms with Crippen molar-refractivity contribution in [3.63, 3.8) is 0 Å². The maximum Gasteiger partial charge on any atom is 0.119 e. The van der Waals surface area contributed by atoms with E-state index in [4.69, 9.17) is 4.74 Å². The van der Waals surface area contributed by atoms with E-state index in [9.17, 15) is 5.11 Å². The number of hydrogen-bond donors (Lipinski definition) is 1. The Kier molecular flexibility index (Phi) is 3.99. The molecule has 0 aromatic heterocycles. The third-order valence-electron chi connectivity index (χ3n) is 5.06. The zero-order chi connectivity index (χ0) is 14.1. The molecule has 3 heteroatoms. The summed E-state index contributed by atoms with van der Waals surface area (Å²) in [6.45, 7) is 3.41. The quantitative estimate of drug-likeness (QED) is 0.920. The first-order valence-electron chi connectivity index (χ1n) is 7.85. The molecule has 1 saturated heterocycles. The van der Waals surface area contributed by atoms with Crippen molar-refractivity contribution >= 4 is 0 Å². The minimum atomic E-state index is -0.350. The lowest BCUT2D eigenvalue weighted by atomic mass is 9.84. The molecule has 1 aromatic rings. The van der Waals surface area contributed by atoms with Gasteiger partial charge in [-0.25, -0.2) is 0 Å². The smallest absolute Gasteiger partial charge is 0.119 e. The average Bonchev–Trinajstić information content (AvgIpc) is 2.95. The van der Waals surface area contributed by atoms with E-state index in [-0.39, 0.29) is 6.10 Å². The first-order valence-corrected chi connectivity index (χ1v) is 7.85. The number of aliphatic hydroxyl groups is 1. The zero-order valence-corrected chi connectivity index (χ0v) is 12.5. The number of likely N-dealkylation sites (tertiary alicyclic amines) is 1. The van der Waals surface area contributed by atoms with Crippen molar-refractivity contribution in [2.24, 2.45) is 0 Å².